The molecule has 0 radical (unpaired) electrons. The number of hydrogen-bond donors (Lipinski definition) is 3. The van der Waals surface area contributed by atoms with Crippen LogP contribution in [0, 0.1) is 0 Å². The average molecular weight is 468 g/mol. The van der Waals surface area contributed by atoms with E-state index >= 15 is 0 Å². The van der Waals surface area contributed by atoms with Gasteiger partial charge in [0.25, 0.3) is 0 Å². The maximum atomic E-state index is 11.4. The molecule has 178 valence electrons. The Morgan fingerprint density at radius 2 is 1.78 bits per heavy atom. The minimum absolute atomic E-state index is 0.167. The Kier molecular flexibility index (Phi) is 9.60. The van der Waals surface area contributed by atoms with Crippen molar-refractivity contribution in [3.05, 3.63) is 12.7 Å². The van der Waals surface area contributed by atoms with E-state index in [4.69, 9.17) is 9.47 Å². The second-order valence-electron chi connectivity index (χ2n) is 8.65. The lowest BCUT2D eigenvalue weighted by molar-refractivity contribution is -0.112. The summed E-state index contributed by atoms with van der Waals surface area (Å²) in [6.07, 6.45) is 5.05. The summed E-state index contributed by atoms with van der Waals surface area (Å²) in [5, 5.41) is 9.70. The van der Waals surface area contributed by atoms with Gasteiger partial charge in [-0.15, -0.1) is 0 Å². The average Bonchev–Trinajstić information content (AvgIpc) is 3.15. The maximum Gasteiger partial charge on any atom is 0.165 e. The molecule has 0 fully saturated rings. The van der Waals surface area contributed by atoms with Crippen molar-refractivity contribution >= 4 is 37.8 Å². The molecule has 0 bridgehead atoms. The molecule has 2 aromatic rings. The highest BCUT2D eigenvalue weighted by molar-refractivity contribution is 7.53. The van der Waals surface area contributed by atoms with Crippen molar-refractivity contribution in [1.82, 2.24) is 29.7 Å². The van der Waals surface area contributed by atoms with Gasteiger partial charge in [-0.1, -0.05) is 0 Å². The first-order valence-corrected chi connectivity index (χ1v) is 11.9. The first-order chi connectivity index (χ1) is 15.1. The number of carbonyl (C=O) groups excluding carboxylic acids is 2. The number of rotatable bonds is 15. The number of ether oxygens (including phenoxy) is 2. The maximum absolute atomic E-state index is 11.4. The molecule has 1 unspecified atom stereocenters. The van der Waals surface area contributed by atoms with Crippen molar-refractivity contribution in [1.29, 1.82) is 0 Å². The van der Waals surface area contributed by atoms with Crippen molar-refractivity contribution in [3.63, 3.8) is 0 Å². The first kappa shape index (κ1) is 26.2. The summed E-state index contributed by atoms with van der Waals surface area (Å²) in [5.41, 5.74) is -0.0954. The van der Waals surface area contributed by atoms with E-state index in [9.17, 15) is 9.59 Å². The van der Waals surface area contributed by atoms with Crippen LogP contribution in [0.5, 0.6) is 0 Å². The lowest BCUT2D eigenvalue weighted by Gasteiger charge is -2.33. The van der Waals surface area contributed by atoms with Gasteiger partial charge in [-0.05, 0) is 34.6 Å². The minimum Gasteiger partial charge on any atom is -0.383 e. The molecule has 12 heteroatoms. The van der Waals surface area contributed by atoms with E-state index in [1.165, 1.54) is 6.33 Å². The van der Waals surface area contributed by atoms with Crippen LogP contribution in [0.4, 0.5) is 5.82 Å². The van der Waals surface area contributed by atoms with Crippen LogP contribution in [-0.2, 0) is 25.6 Å². The highest BCUT2D eigenvalue weighted by Gasteiger charge is 2.27. The standard InChI is InChI=1S/C20H34N7O4P/c1-15(31-14-32(25-19(2,3)10-28)26-20(4,5)11-29)9-27-13-24-16-17(21-7-8-30-6)22-12-23-18(16)27/h10-13,15,25-26H,7-9,14H2,1-6H3,(H,21,22,23). The fourth-order valence-corrected chi connectivity index (χ4v) is 4.87. The molecule has 11 nitrogen and oxygen atoms in total. The van der Waals surface area contributed by atoms with Crippen molar-refractivity contribution in [3.8, 4) is 0 Å². The second kappa shape index (κ2) is 11.7. The van der Waals surface area contributed by atoms with E-state index in [1.807, 2.05) is 11.5 Å². The summed E-state index contributed by atoms with van der Waals surface area (Å²) in [6, 6.07) is 0. The zero-order chi connectivity index (χ0) is 23.8. The largest absolute Gasteiger partial charge is 0.383 e. The summed E-state index contributed by atoms with van der Waals surface area (Å²) in [4.78, 5) is 35.8. The van der Waals surface area contributed by atoms with Gasteiger partial charge in [-0.2, -0.15) is 0 Å². The van der Waals surface area contributed by atoms with Gasteiger partial charge < -0.3 is 28.9 Å². The molecule has 1 atom stereocenters. The minimum atomic E-state index is -1.15. The van der Waals surface area contributed by atoms with Gasteiger partial charge in [0.15, 0.2) is 11.5 Å². The zero-order valence-corrected chi connectivity index (χ0v) is 20.5. The van der Waals surface area contributed by atoms with Crippen molar-refractivity contribution in [2.24, 2.45) is 0 Å². The number of hydrogen-bond acceptors (Lipinski definition) is 10. The van der Waals surface area contributed by atoms with Gasteiger partial charge in [-0.3, -0.25) is 10.2 Å². The Balaban J connectivity index is 2.04. The summed E-state index contributed by atoms with van der Waals surface area (Å²) in [5.74, 6) is 0.656. The SMILES string of the molecule is COCCNc1ncnc2c1ncn2CC(C)OCP(NC(C)(C)C=O)NC(C)(C)C=O. The molecule has 3 N–H and O–H groups in total. The van der Waals surface area contributed by atoms with Crippen LogP contribution in [0.1, 0.15) is 34.6 Å². The van der Waals surface area contributed by atoms with Crippen LogP contribution >= 0.6 is 8.22 Å². The third-order valence-electron chi connectivity index (χ3n) is 4.38. The number of aldehydes is 2. The normalized spacial score (nSPS) is 13.5. The van der Waals surface area contributed by atoms with E-state index in [-0.39, 0.29) is 6.10 Å². The van der Waals surface area contributed by atoms with E-state index in [1.54, 1.807) is 41.1 Å². The molecule has 2 aromatic heterocycles. The molecule has 0 aliphatic carbocycles. The smallest absolute Gasteiger partial charge is 0.165 e. The second-order valence-corrected chi connectivity index (χ2v) is 10.2. The molecule has 0 amide bonds. The lowest BCUT2D eigenvalue weighted by atomic mass is 10.1. The van der Waals surface area contributed by atoms with Gasteiger partial charge in [0.2, 0.25) is 0 Å². The quantitative estimate of drug-likeness (QED) is 0.202. The number of methoxy groups -OCH3 is 1. The Morgan fingerprint density at radius 3 is 2.38 bits per heavy atom. The molecule has 0 saturated carbocycles. The zero-order valence-electron chi connectivity index (χ0n) is 19.6. The number of nitrogens with one attached hydrogen (secondary N) is 3. The van der Waals surface area contributed by atoms with Gasteiger partial charge in [0.1, 0.15) is 24.4 Å². The highest BCUT2D eigenvalue weighted by Crippen LogP contribution is 2.32. The summed E-state index contributed by atoms with van der Waals surface area (Å²) < 4.78 is 13.0. The molecule has 2 heterocycles. The number of aromatic nitrogens is 4. The molecular formula is C20H34N7O4P. The molecule has 0 aliphatic heterocycles. The molecule has 0 spiro atoms. The summed E-state index contributed by atoms with van der Waals surface area (Å²) >= 11 is 0. The molecule has 0 aliphatic rings. The number of carbonyl (C=O) groups is 2. The predicted octanol–water partition coefficient (Wildman–Crippen LogP) is 1.69. The molecule has 2 rings (SSSR count). The third kappa shape index (κ3) is 7.83. The number of imidazole rings is 1. The molecule has 0 saturated heterocycles. The van der Waals surface area contributed by atoms with Crippen molar-refractivity contribution in [2.45, 2.75) is 58.3 Å². The predicted molar refractivity (Wildman–Crippen MR) is 125 cm³/mol. The summed E-state index contributed by atoms with van der Waals surface area (Å²) in [7, 11) is 0.493. The molecular weight excluding hydrogens is 433 g/mol. The summed E-state index contributed by atoms with van der Waals surface area (Å²) in [6.45, 7) is 10.8. The number of nitrogens with zero attached hydrogens (tertiary/aromatic N) is 4. The van der Waals surface area contributed by atoms with Crippen LogP contribution in [0.15, 0.2) is 12.7 Å². The Hall–Kier alpha value is -2.04. The van der Waals surface area contributed by atoms with Crippen LogP contribution in [0.25, 0.3) is 11.2 Å². The van der Waals surface area contributed by atoms with Crippen LogP contribution in [-0.4, -0.2) is 75.9 Å². The van der Waals surface area contributed by atoms with Gasteiger partial charge in [0, 0.05) is 13.7 Å². The molecule has 32 heavy (non-hydrogen) atoms. The Morgan fingerprint density at radius 1 is 1.12 bits per heavy atom. The lowest BCUT2D eigenvalue weighted by Crippen LogP contribution is -2.46. The van der Waals surface area contributed by atoms with E-state index in [2.05, 4.69) is 30.4 Å². The fraction of sp³-hybridized carbons (Fsp3) is 0.650. The van der Waals surface area contributed by atoms with E-state index < -0.39 is 19.3 Å². The van der Waals surface area contributed by atoms with Crippen molar-refractivity contribution in [2.75, 3.05) is 31.9 Å². The van der Waals surface area contributed by atoms with E-state index in [0.29, 0.717) is 43.0 Å². The number of anilines is 1. The Labute approximate surface area is 189 Å². The third-order valence-corrected chi connectivity index (χ3v) is 6.48. The number of fused-ring (bicyclic) bond motifs is 1. The molecule has 0 aromatic carbocycles. The highest BCUT2D eigenvalue weighted by atomic mass is 31.1. The van der Waals surface area contributed by atoms with Crippen LogP contribution < -0.4 is 15.5 Å². The van der Waals surface area contributed by atoms with Crippen LogP contribution in [0.3, 0.4) is 0 Å². The first-order valence-electron chi connectivity index (χ1n) is 10.4. The Bertz CT molecular complexity index is 868. The van der Waals surface area contributed by atoms with Gasteiger partial charge in [-0.25, -0.2) is 15.0 Å². The van der Waals surface area contributed by atoms with E-state index in [0.717, 1.165) is 12.6 Å². The van der Waals surface area contributed by atoms with Gasteiger partial charge in [0.05, 0.1) is 51.2 Å². The van der Waals surface area contributed by atoms with Crippen molar-refractivity contribution < 1.29 is 19.1 Å². The topological polar surface area (TPSA) is 132 Å². The monoisotopic (exact) mass is 467 g/mol. The van der Waals surface area contributed by atoms with Gasteiger partial charge >= 0.3 is 0 Å². The fourth-order valence-electron chi connectivity index (χ4n) is 2.79. The van der Waals surface area contributed by atoms with Crippen LogP contribution in [0.2, 0.25) is 0 Å².